The van der Waals surface area contributed by atoms with E-state index in [4.69, 9.17) is 10.5 Å². The van der Waals surface area contributed by atoms with E-state index in [-0.39, 0.29) is 45.5 Å². The molecule has 3 aromatic heterocycles. The highest BCUT2D eigenvalue weighted by Gasteiger charge is 2.26. The molecule has 0 aliphatic rings. The van der Waals surface area contributed by atoms with Crippen LogP contribution in [0.2, 0.25) is 0 Å². The number of non-ortho nitro benzene ring substituents is 1. The molecular formula is C24H19BrN12O7. The van der Waals surface area contributed by atoms with Gasteiger partial charge in [0, 0.05) is 23.3 Å². The van der Waals surface area contributed by atoms with Crippen molar-refractivity contribution in [3.63, 3.8) is 0 Å². The first-order valence-corrected chi connectivity index (χ1v) is 13.0. The number of carbonyl (C=O) groups is 1. The fourth-order valence-corrected chi connectivity index (χ4v) is 4.51. The fourth-order valence-electron chi connectivity index (χ4n) is 4.08. The van der Waals surface area contributed by atoms with E-state index in [1.807, 2.05) is 0 Å². The van der Waals surface area contributed by atoms with E-state index in [1.165, 1.54) is 42.3 Å². The number of nitrogens with two attached hydrogens (primary N) is 1. The molecule has 0 unspecified atom stereocenters. The highest BCUT2D eigenvalue weighted by molar-refractivity contribution is 9.10. The molecule has 1 amide bonds. The molecule has 0 radical (unpaired) electrons. The molecule has 0 fully saturated rings. The lowest BCUT2D eigenvalue weighted by Crippen LogP contribution is -2.19. The first kappa shape index (κ1) is 29.4. The maximum absolute atomic E-state index is 13.2. The van der Waals surface area contributed by atoms with Crippen molar-refractivity contribution >= 4 is 45.4 Å². The number of aromatic nitrogens is 7. The van der Waals surface area contributed by atoms with Gasteiger partial charge < -0.3 is 20.6 Å². The minimum atomic E-state index is -0.770. The zero-order valence-corrected chi connectivity index (χ0v) is 24.2. The second-order valence-corrected chi connectivity index (χ2v) is 9.68. The number of hydrogen-bond donors (Lipinski definition) is 2. The lowest BCUT2D eigenvalue weighted by atomic mass is 10.1. The number of hydrazone groups is 1. The summed E-state index contributed by atoms with van der Waals surface area (Å²) in [4.78, 5) is 34.4. The number of rotatable bonds is 10. The van der Waals surface area contributed by atoms with E-state index < -0.39 is 15.8 Å². The van der Waals surface area contributed by atoms with E-state index >= 15 is 0 Å². The van der Waals surface area contributed by atoms with Gasteiger partial charge in [-0.3, -0.25) is 14.9 Å². The maximum atomic E-state index is 13.2. The van der Waals surface area contributed by atoms with Crippen molar-refractivity contribution in [3.05, 3.63) is 89.7 Å². The van der Waals surface area contributed by atoms with Gasteiger partial charge in [-0.05, 0) is 74.0 Å². The second kappa shape index (κ2) is 12.1. The molecule has 0 bridgehead atoms. The third-order valence-electron chi connectivity index (χ3n) is 6.23. The minimum absolute atomic E-state index is 0.0519. The SMILES string of the molecule is COc1ccc(/C=N\NC(=O)c2nnn(-c3nonc3N)c2-c2ccc([N+](=O)[O-])cc2)cc1Cn1nc([N+](=O)[O-])c(Br)c1C. The molecule has 0 atom stereocenters. The average molecular weight is 667 g/mol. The van der Waals surface area contributed by atoms with E-state index in [2.05, 4.69) is 56.8 Å². The predicted octanol–water partition coefficient (Wildman–Crippen LogP) is 2.80. The van der Waals surface area contributed by atoms with Crippen LogP contribution in [0.15, 0.2) is 56.7 Å². The van der Waals surface area contributed by atoms with Crippen LogP contribution in [-0.4, -0.2) is 64.2 Å². The molecule has 3 heterocycles. The second-order valence-electron chi connectivity index (χ2n) is 8.88. The average Bonchev–Trinajstić information content (AvgIpc) is 3.71. The Kier molecular flexibility index (Phi) is 8.06. The Morgan fingerprint density at radius 2 is 1.93 bits per heavy atom. The van der Waals surface area contributed by atoms with E-state index in [0.29, 0.717) is 28.1 Å². The highest BCUT2D eigenvalue weighted by Crippen LogP contribution is 2.30. The van der Waals surface area contributed by atoms with Crippen LogP contribution >= 0.6 is 15.9 Å². The summed E-state index contributed by atoms with van der Waals surface area (Å²) in [5.41, 5.74) is 9.98. The summed E-state index contributed by atoms with van der Waals surface area (Å²) in [7, 11) is 1.49. The van der Waals surface area contributed by atoms with Gasteiger partial charge in [0.05, 0.1) is 35.6 Å². The Labute approximate surface area is 253 Å². The van der Waals surface area contributed by atoms with Gasteiger partial charge in [-0.25, -0.2) is 10.1 Å². The number of nitrogen functional groups attached to an aromatic ring is 1. The Balaban J connectivity index is 1.41. The molecule has 0 spiro atoms. The number of nitro benzene ring substituents is 1. The summed E-state index contributed by atoms with van der Waals surface area (Å²) in [5, 5.41) is 45.6. The van der Waals surface area contributed by atoms with Crippen molar-refractivity contribution in [3.8, 4) is 22.8 Å². The van der Waals surface area contributed by atoms with Gasteiger partial charge in [0.25, 0.3) is 11.6 Å². The number of hydrogen-bond acceptors (Lipinski definition) is 14. The predicted molar refractivity (Wildman–Crippen MR) is 154 cm³/mol. The van der Waals surface area contributed by atoms with Crippen molar-refractivity contribution in [1.29, 1.82) is 0 Å². The summed E-state index contributed by atoms with van der Waals surface area (Å²) in [6.45, 7) is 1.84. The van der Waals surface area contributed by atoms with Gasteiger partial charge in [-0.15, -0.1) is 5.10 Å². The van der Waals surface area contributed by atoms with Crippen LogP contribution in [0.4, 0.5) is 17.3 Å². The van der Waals surface area contributed by atoms with Crippen LogP contribution < -0.4 is 15.9 Å². The molecule has 19 nitrogen and oxygen atoms in total. The smallest absolute Gasteiger partial charge is 0.404 e. The molecule has 2 aromatic carbocycles. The summed E-state index contributed by atoms with van der Waals surface area (Å²) in [5.74, 6) is -0.760. The third kappa shape index (κ3) is 5.68. The molecular weight excluding hydrogens is 648 g/mol. The molecule has 0 aliphatic carbocycles. The number of ether oxygens (including phenoxy) is 1. The first-order chi connectivity index (χ1) is 21.1. The van der Waals surface area contributed by atoms with Gasteiger partial charge >= 0.3 is 5.82 Å². The lowest BCUT2D eigenvalue weighted by Gasteiger charge is -2.09. The van der Waals surface area contributed by atoms with Crippen LogP contribution in [0.3, 0.4) is 0 Å². The van der Waals surface area contributed by atoms with Gasteiger partial charge in [-0.2, -0.15) is 14.5 Å². The Morgan fingerprint density at radius 3 is 2.55 bits per heavy atom. The number of nitro groups is 2. The third-order valence-corrected chi connectivity index (χ3v) is 7.16. The number of nitrogens with one attached hydrogen (secondary N) is 1. The number of amides is 1. The van der Waals surface area contributed by atoms with E-state index in [1.54, 1.807) is 25.1 Å². The van der Waals surface area contributed by atoms with E-state index in [9.17, 15) is 25.0 Å². The zero-order chi connectivity index (χ0) is 31.5. The molecule has 0 saturated carbocycles. The quantitative estimate of drug-likeness (QED) is 0.124. The molecule has 0 saturated heterocycles. The number of methoxy groups -OCH3 is 1. The van der Waals surface area contributed by atoms with Crippen molar-refractivity contribution in [2.24, 2.45) is 5.10 Å². The van der Waals surface area contributed by atoms with Crippen LogP contribution in [0.1, 0.15) is 27.3 Å². The molecule has 3 N–H and O–H groups in total. The lowest BCUT2D eigenvalue weighted by molar-refractivity contribution is -0.390. The van der Waals surface area contributed by atoms with Crippen molar-refractivity contribution < 1.29 is 24.0 Å². The number of carbonyl (C=O) groups excluding carboxylic acids is 1. The minimum Gasteiger partial charge on any atom is -0.496 e. The number of halogens is 1. The number of nitrogens with zero attached hydrogens (tertiary/aromatic N) is 10. The van der Waals surface area contributed by atoms with Gasteiger partial charge in [-0.1, -0.05) is 5.21 Å². The summed E-state index contributed by atoms with van der Waals surface area (Å²) in [6.07, 6.45) is 1.37. The molecule has 5 aromatic rings. The van der Waals surface area contributed by atoms with Crippen molar-refractivity contribution in [2.45, 2.75) is 13.5 Å². The molecule has 0 aliphatic heterocycles. The van der Waals surface area contributed by atoms with Crippen LogP contribution in [0, 0.1) is 27.2 Å². The first-order valence-electron chi connectivity index (χ1n) is 12.3. The largest absolute Gasteiger partial charge is 0.496 e. The zero-order valence-electron chi connectivity index (χ0n) is 22.6. The van der Waals surface area contributed by atoms with Crippen molar-refractivity contribution in [1.82, 2.24) is 40.5 Å². The fraction of sp³-hybridized carbons (Fsp3) is 0.125. The monoisotopic (exact) mass is 666 g/mol. The molecule has 224 valence electrons. The maximum Gasteiger partial charge on any atom is 0.404 e. The topological polar surface area (TPSA) is 250 Å². The molecule has 5 rings (SSSR count). The molecule has 44 heavy (non-hydrogen) atoms. The summed E-state index contributed by atoms with van der Waals surface area (Å²) < 4.78 is 12.9. The Hall–Kier alpha value is -6.05. The highest BCUT2D eigenvalue weighted by atomic mass is 79.9. The standard InChI is InChI=1S/C24H19BrN12O7/c1-12-18(25)22(37(41)42)30-34(12)11-15-9-13(3-8-17(15)43-2)10-27-29-24(38)19-20(14-4-6-16(7-5-14)36(39)40)35(33-28-19)23-21(26)31-44-32-23/h3-10H,11H2,1-2H3,(H2,26,31)(H,29,38)/b27-10-. The van der Waals surface area contributed by atoms with Crippen LogP contribution in [-0.2, 0) is 6.54 Å². The summed E-state index contributed by atoms with van der Waals surface area (Å²) >= 11 is 3.20. The van der Waals surface area contributed by atoms with Gasteiger partial charge in [0.1, 0.15) is 15.9 Å². The molecule has 20 heteroatoms. The van der Waals surface area contributed by atoms with Gasteiger partial charge in [0.15, 0.2) is 5.69 Å². The Morgan fingerprint density at radius 1 is 1.18 bits per heavy atom. The van der Waals surface area contributed by atoms with E-state index in [0.717, 1.165) is 4.68 Å². The number of benzene rings is 2. The normalized spacial score (nSPS) is 11.2. The Bertz CT molecular complexity index is 1930. The summed E-state index contributed by atoms with van der Waals surface area (Å²) in [6, 6.07) is 10.4. The van der Waals surface area contributed by atoms with Crippen molar-refractivity contribution in [2.75, 3.05) is 12.8 Å². The van der Waals surface area contributed by atoms with Crippen LogP contribution in [0.25, 0.3) is 17.1 Å². The number of anilines is 1. The van der Waals surface area contributed by atoms with Gasteiger partial charge in [0.2, 0.25) is 11.6 Å². The van der Waals surface area contributed by atoms with Crippen LogP contribution in [0.5, 0.6) is 5.75 Å².